The monoisotopic (exact) mass is 580 g/mol. The Hall–Kier alpha value is -4.79. The van der Waals surface area contributed by atoms with Crippen molar-refractivity contribution in [2.24, 2.45) is 9.98 Å². The van der Waals surface area contributed by atoms with Gasteiger partial charge in [-0.3, -0.25) is 9.98 Å². The summed E-state index contributed by atoms with van der Waals surface area (Å²) in [6.07, 6.45) is 6.55. The molecule has 0 saturated carbocycles. The zero-order valence-corrected chi connectivity index (χ0v) is 24.0. The number of carbonyl (C=O) groups excluding carboxylic acids is 1. The van der Waals surface area contributed by atoms with E-state index in [1.807, 2.05) is 72.8 Å². The van der Waals surface area contributed by atoms with Crippen molar-refractivity contribution in [3.05, 3.63) is 114 Å². The van der Waals surface area contributed by atoms with E-state index in [4.69, 9.17) is 24.4 Å². The highest BCUT2D eigenvalue weighted by atomic mass is 16.5. The average molecular weight is 581 g/mol. The highest BCUT2D eigenvalue weighted by Gasteiger charge is 2.08. The minimum absolute atomic E-state index is 0.173. The van der Waals surface area contributed by atoms with E-state index in [0.29, 0.717) is 24.5 Å². The van der Waals surface area contributed by atoms with Gasteiger partial charge in [0.1, 0.15) is 17.2 Å². The Balaban J connectivity index is 1.23. The number of hydrogen-bond acceptors (Lipinski definition) is 8. The Labute approximate surface area is 251 Å². The summed E-state index contributed by atoms with van der Waals surface area (Å²) in [6.45, 7) is 1.49. The van der Waals surface area contributed by atoms with Gasteiger partial charge in [-0.15, -0.1) is 0 Å². The molecule has 0 fully saturated rings. The molecule has 4 rings (SSSR count). The normalized spacial score (nSPS) is 11.2. The van der Waals surface area contributed by atoms with E-state index in [-0.39, 0.29) is 13.2 Å². The molecule has 43 heavy (non-hydrogen) atoms. The molecular weight excluding hydrogens is 544 g/mol. The maximum atomic E-state index is 12.6. The van der Waals surface area contributed by atoms with Crippen molar-refractivity contribution in [3.63, 3.8) is 0 Å². The van der Waals surface area contributed by atoms with Crippen molar-refractivity contribution in [2.45, 2.75) is 25.7 Å². The number of nitrogens with zero attached hydrogens (tertiary/aromatic N) is 2. The van der Waals surface area contributed by atoms with Gasteiger partial charge in [-0.25, -0.2) is 4.79 Å². The van der Waals surface area contributed by atoms with E-state index in [2.05, 4.69) is 9.98 Å². The predicted octanol–water partition coefficient (Wildman–Crippen LogP) is 6.71. The van der Waals surface area contributed by atoms with Crippen LogP contribution in [0.3, 0.4) is 0 Å². The fraction of sp³-hybridized carbons (Fsp3) is 0.229. The zero-order chi connectivity index (χ0) is 30.1. The first-order chi connectivity index (χ1) is 21.1. The standard InChI is InChI=1S/C35H36N2O6/c38-21-1-3-23-41-32-17-11-30(12-18-32)36-25-27-5-9-29(10-6-27)35(40)43-34-15-7-28(8-16-34)26-37-31-13-19-33(20-14-31)42-24-4-2-22-39/h5-20,25-26,38-39H,1-4,21-24H2. The topological polar surface area (TPSA) is 110 Å². The smallest absolute Gasteiger partial charge is 0.343 e. The number of ether oxygens (including phenoxy) is 3. The molecule has 0 atom stereocenters. The lowest BCUT2D eigenvalue weighted by Gasteiger charge is -2.06. The van der Waals surface area contributed by atoms with Gasteiger partial charge in [0, 0.05) is 25.6 Å². The Morgan fingerprint density at radius 3 is 1.42 bits per heavy atom. The van der Waals surface area contributed by atoms with E-state index in [1.165, 1.54) is 0 Å². The summed E-state index contributed by atoms with van der Waals surface area (Å²) >= 11 is 0. The van der Waals surface area contributed by atoms with Crippen LogP contribution in [0.4, 0.5) is 11.4 Å². The summed E-state index contributed by atoms with van der Waals surface area (Å²) in [5.74, 6) is 1.53. The molecule has 0 heterocycles. The summed E-state index contributed by atoms with van der Waals surface area (Å²) in [7, 11) is 0. The van der Waals surface area contributed by atoms with E-state index in [9.17, 15) is 4.79 Å². The van der Waals surface area contributed by atoms with Crippen LogP contribution in [0.2, 0.25) is 0 Å². The fourth-order valence-corrected chi connectivity index (χ4v) is 3.86. The minimum atomic E-state index is -0.446. The SMILES string of the molecule is O=C(Oc1ccc(C=Nc2ccc(OCCCCO)cc2)cc1)c1ccc(C=Nc2ccc(OCCCCO)cc2)cc1. The summed E-state index contributed by atoms with van der Waals surface area (Å²) < 4.78 is 16.8. The predicted molar refractivity (Wildman–Crippen MR) is 169 cm³/mol. The molecule has 0 amide bonds. The molecular formula is C35H36N2O6. The first-order valence-electron chi connectivity index (χ1n) is 14.3. The average Bonchev–Trinajstić information content (AvgIpc) is 3.05. The van der Waals surface area contributed by atoms with E-state index in [0.717, 1.165) is 59.7 Å². The lowest BCUT2D eigenvalue weighted by atomic mass is 10.1. The molecule has 2 N–H and O–H groups in total. The van der Waals surface area contributed by atoms with Gasteiger partial charge in [-0.05, 0) is 122 Å². The summed E-state index contributed by atoms with van der Waals surface area (Å²) in [5.41, 5.74) is 3.73. The van der Waals surface area contributed by atoms with Gasteiger partial charge in [-0.2, -0.15) is 0 Å². The number of rotatable bonds is 16. The second-order valence-electron chi connectivity index (χ2n) is 9.64. The highest BCUT2D eigenvalue weighted by Crippen LogP contribution is 2.20. The Kier molecular flexibility index (Phi) is 12.5. The second kappa shape index (κ2) is 17.2. The molecule has 0 bridgehead atoms. The largest absolute Gasteiger partial charge is 0.494 e. The first kappa shape index (κ1) is 31.2. The molecule has 0 unspecified atom stereocenters. The van der Waals surface area contributed by atoms with Crippen molar-refractivity contribution in [2.75, 3.05) is 26.4 Å². The molecule has 8 heteroatoms. The molecule has 4 aromatic carbocycles. The number of carbonyl (C=O) groups is 1. The van der Waals surface area contributed by atoms with Gasteiger partial charge < -0.3 is 24.4 Å². The summed E-state index contributed by atoms with van der Waals surface area (Å²) in [4.78, 5) is 21.6. The van der Waals surface area contributed by atoms with Gasteiger partial charge in [0.15, 0.2) is 0 Å². The molecule has 0 saturated heterocycles. The number of benzene rings is 4. The maximum absolute atomic E-state index is 12.6. The van der Waals surface area contributed by atoms with Gasteiger partial charge in [0.25, 0.3) is 0 Å². The molecule has 4 aromatic rings. The van der Waals surface area contributed by atoms with Crippen molar-refractivity contribution < 1.29 is 29.2 Å². The summed E-state index contributed by atoms with van der Waals surface area (Å²) in [6, 6.07) is 29.1. The Morgan fingerprint density at radius 2 is 0.977 bits per heavy atom. The minimum Gasteiger partial charge on any atom is -0.494 e. The molecule has 0 aromatic heterocycles. The van der Waals surface area contributed by atoms with Gasteiger partial charge in [-0.1, -0.05) is 12.1 Å². The zero-order valence-electron chi connectivity index (χ0n) is 24.0. The first-order valence-corrected chi connectivity index (χ1v) is 14.3. The molecule has 222 valence electrons. The summed E-state index contributed by atoms with van der Waals surface area (Å²) in [5, 5.41) is 17.7. The van der Waals surface area contributed by atoms with Crippen LogP contribution in [0.25, 0.3) is 0 Å². The number of aliphatic imine (C=N–C) groups is 2. The van der Waals surface area contributed by atoms with Crippen LogP contribution in [-0.2, 0) is 0 Å². The van der Waals surface area contributed by atoms with Crippen LogP contribution >= 0.6 is 0 Å². The van der Waals surface area contributed by atoms with Crippen molar-refractivity contribution in [3.8, 4) is 17.2 Å². The lowest BCUT2D eigenvalue weighted by Crippen LogP contribution is -2.08. The second-order valence-corrected chi connectivity index (χ2v) is 9.64. The van der Waals surface area contributed by atoms with Crippen LogP contribution in [0.15, 0.2) is 107 Å². The molecule has 0 aliphatic carbocycles. The Morgan fingerprint density at radius 1 is 0.558 bits per heavy atom. The number of esters is 1. The number of aliphatic hydroxyl groups is 2. The number of unbranched alkanes of at least 4 members (excludes halogenated alkanes) is 2. The number of hydrogen-bond donors (Lipinski definition) is 2. The maximum Gasteiger partial charge on any atom is 0.343 e. The lowest BCUT2D eigenvalue weighted by molar-refractivity contribution is 0.0734. The van der Waals surface area contributed by atoms with E-state index in [1.54, 1.807) is 36.7 Å². The van der Waals surface area contributed by atoms with E-state index < -0.39 is 5.97 Å². The van der Waals surface area contributed by atoms with Gasteiger partial charge in [0.2, 0.25) is 0 Å². The van der Waals surface area contributed by atoms with Gasteiger partial charge in [0.05, 0.1) is 30.2 Å². The quantitative estimate of drug-likeness (QED) is 0.0660. The van der Waals surface area contributed by atoms with Crippen LogP contribution < -0.4 is 14.2 Å². The van der Waals surface area contributed by atoms with Crippen molar-refractivity contribution in [1.82, 2.24) is 0 Å². The third-order valence-corrected chi connectivity index (χ3v) is 6.28. The van der Waals surface area contributed by atoms with Crippen molar-refractivity contribution in [1.29, 1.82) is 0 Å². The van der Waals surface area contributed by atoms with Crippen molar-refractivity contribution >= 4 is 29.8 Å². The third-order valence-electron chi connectivity index (χ3n) is 6.28. The molecule has 0 spiro atoms. The Bertz CT molecular complexity index is 1450. The van der Waals surface area contributed by atoms with E-state index >= 15 is 0 Å². The molecule has 0 radical (unpaired) electrons. The van der Waals surface area contributed by atoms with Gasteiger partial charge >= 0.3 is 5.97 Å². The van der Waals surface area contributed by atoms with Crippen LogP contribution in [0.1, 0.15) is 47.2 Å². The molecule has 0 aliphatic heterocycles. The number of aliphatic hydroxyl groups excluding tert-OH is 2. The molecule has 8 nitrogen and oxygen atoms in total. The highest BCUT2D eigenvalue weighted by molar-refractivity contribution is 5.92. The molecule has 0 aliphatic rings. The fourth-order valence-electron chi connectivity index (χ4n) is 3.86. The van der Waals surface area contributed by atoms with Crippen LogP contribution in [-0.4, -0.2) is 55.0 Å². The van der Waals surface area contributed by atoms with Crippen LogP contribution in [0, 0.1) is 0 Å². The third kappa shape index (κ3) is 10.8. The van der Waals surface area contributed by atoms with Crippen LogP contribution in [0.5, 0.6) is 17.2 Å².